The fraction of sp³-hybridized carbons (Fsp3) is 0.200. The van der Waals surface area contributed by atoms with Gasteiger partial charge in [-0.05, 0) is 24.1 Å². The summed E-state index contributed by atoms with van der Waals surface area (Å²) in [5.74, 6) is -4.09. The highest BCUT2D eigenvalue weighted by Crippen LogP contribution is 2.10. The maximum absolute atomic E-state index is 12.3. The van der Waals surface area contributed by atoms with E-state index in [1.807, 2.05) is 6.07 Å². The summed E-state index contributed by atoms with van der Waals surface area (Å²) in [6, 6.07) is 13.1. The number of carboxylic acids is 2. The SMILES string of the molecule is O=C(CCC(NC(=O)c1ccccc1C(=O)O)C(=O)O)OCc1ccccc1. The normalized spacial score (nSPS) is 11.3. The Kier molecular flexibility index (Phi) is 7.27. The van der Waals surface area contributed by atoms with E-state index in [0.29, 0.717) is 0 Å². The lowest BCUT2D eigenvalue weighted by atomic mass is 10.1. The Labute approximate surface area is 160 Å². The number of amides is 1. The quantitative estimate of drug-likeness (QED) is 0.564. The molecule has 1 atom stereocenters. The maximum atomic E-state index is 12.3. The molecule has 0 fully saturated rings. The first kappa shape index (κ1) is 20.6. The molecule has 3 N–H and O–H groups in total. The van der Waals surface area contributed by atoms with E-state index in [1.54, 1.807) is 24.3 Å². The molecule has 0 bridgehead atoms. The zero-order valence-corrected chi connectivity index (χ0v) is 14.8. The average molecular weight is 385 g/mol. The number of carbonyl (C=O) groups excluding carboxylic acids is 2. The topological polar surface area (TPSA) is 130 Å². The van der Waals surface area contributed by atoms with Gasteiger partial charge >= 0.3 is 17.9 Å². The van der Waals surface area contributed by atoms with Crippen LogP contribution in [0.25, 0.3) is 0 Å². The molecule has 1 amide bonds. The number of hydrogen-bond acceptors (Lipinski definition) is 5. The highest BCUT2D eigenvalue weighted by Gasteiger charge is 2.24. The van der Waals surface area contributed by atoms with Gasteiger partial charge in [-0.2, -0.15) is 0 Å². The lowest BCUT2D eigenvalue weighted by Crippen LogP contribution is -2.41. The van der Waals surface area contributed by atoms with Gasteiger partial charge in [-0.3, -0.25) is 9.59 Å². The second-order valence-corrected chi connectivity index (χ2v) is 5.90. The van der Waals surface area contributed by atoms with Gasteiger partial charge in [-0.25, -0.2) is 9.59 Å². The molecule has 1 unspecified atom stereocenters. The minimum atomic E-state index is -1.36. The number of benzene rings is 2. The van der Waals surface area contributed by atoms with Crippen LogP contribution in [0.3, 0.4) is 0 Å². The molecule has 0 aliphatic heterocycles. The Morgan fingerprint density at radius 1 is 0.893 bits per heavy atom. The Balaban J connectivity index is 1.93. The highest BCUT2D eigenvalue weighted by atomic mass is 16.5. The van der Waals surface area contributed by atoms with Crippen molar-refractivity contribution in [2.45, 2.75) is 25.5 Å². The van der Waals surface area contributed by atoms with E-state index in [0.717, 1.165) is 5.56 Å². The number of aromatic carboxylic acids is 1. The Bertz CT molecular complexity index is 864. The number of hydrogen-bond donors (Lipinski definition) is 3. The summed E-state index contributed by atoms with van der Waals surface area (Å²) >= 11 is 0. The van der Waals surface area contributed by atoms with Gasteiger partial charge in [0.2, 0.25) is 0 Å². The van der Waals surface area contributed by atoms with E-state index >= 15 is 0 Å². The lowest BCUT2D eigenvalue weighted by molar-refractivity contribution is -0.145. The molecule has 2 aromatic rings. The van der Waals surface area contributed by atoms with Crippen molar-refractivity contribution >= 4 is 23.8 Å². The van der Waals surface area contributed by atoms with Gasteiger partial charge in [0.15, 0.2) is 0 Å². The van der Waals surface area contributed by atoms with Crippen LogP contribution in [0.5, 0.6) is 0 Å². The van der Waals surface area contributed by atoms with E-state index in [9.17, 15) is 24.3 Å². The number of aliphatic carboxylic acids is 1. The fourth-order valence-corrected chi connectivity index (χ4v) is 2.43. The predicted octanol–water partition coefficient (Wildman–Crippen LogP) is 2.09. The van der Waals surface area contributed by atoms with E-state index in [2.05, 4.69) is 5.32 Å². The van der Waals surface area contributed by atoms with Crippen LogP contribution in [0.15, 0.2) is 54.6 Å². The van der Waals surface area contributed by atoms with Gasteiger partial charge in [0.1, 0.15) is 12.6 Å². The molecule has 0 aromatic heterocycles. The first-order chi connectivity index (χ1) is 13.4. The standard InChI is InChI=1S/C20H19NO7/c22-17(28-12-13-6-2-1-3-7-13)11-10-16(20(26)27)21-18(23)14-8-4-5-9-15(14)19(24)25/h1-9,16H,10-12H2,(H,21,23)(H,24,25)(H,26,27). The van der Waals surface area contributed by atoms with Crippen molar-refractivity contribution in [2.75, 3.05) is 0 Å². The van der Waals surface area contributed by atoms with Gasteiger partial charge in [0.25, 0.3) is 5.91 Å². The summed E-state index contributed by atoms with van der Waals surface area (Å²) in [6.45, 7) is 0.0652. The molecule has 0 saturated carbocycles. The van der Waals surface area contributed by atoms with Gasteiger partial charge in [0.05, 0.1) is 11.1 Å². The molecule has 8 nitrogen and oxygen atoms in total. The van der Waals surface area contributed by atoms with Crippen LogP contribution in [0, 0.1) is 0 Å². The number of nitrogens with one attached hydrogen (secondary N) is 1. The third-order valence-corrected chi connectivity index (χ3v) is 3.89. The van der Waals surface area contributed by atoms with Gasteiger partial charge < -0.3 is 20.3 Å². The van der Waals surface area contributed by atoms with Gasteiger partial charge in [0, 0.05) is 6.42 Å². The molecule has 8 heteroatoms. The monoisotopic (exact) mass is 385 g/mol. The Morgan fingerprint density at radius 2 is 1.50 bits per heavy atom. The van der Waals surface area contributed by atoms with Crippen molar-refractivity contribution < 1.29 is 34.1 Å². The molecular formula is C20H19NO7. The van der Waals surface area contributed by atoms with Gasteiger partial charge in [-0.15, -0.1) is 0 Å². The second-order valence-electron chi connectivity index (χ2n) is 5.90. The molecule has 0 aliphatic rings. The average Bonchev–Trinajstić information content (AvgIpc) is 2.69. The molecule has 2 rings (SSSR count). The smallest absolute Gasteiger partial charge is 0.336 e. The second kappa shape index (κ2) is 9.86. The minimum Gasteiger partial charge on any atom is -0.480 e. The van der Waals surface area contributed by atoms with Crippen molar-refractivity contribution in [3.63, 3.8) is 0 Å². The molecule has 0 spiro atoms. The zero-order valence-electron chi connectivity index (χ0n) is 14.8. The minimum absolute atomic E-state index is 0.0652. The predicted molar refractivity (Wildman–Crippen MR) is 97.8 cm³/mol. The van der Waals surface area contributed by atoms with Crippen LogP contribution >= 0.6 is 0 Å². The summed E-state index contributed by atoms with van der Waals surface area (Å²) in [5.41, 5.74) is 0.392. The Hall–Kier alpha value is -3.68. The van der Waals surface area contributed by atoms with E-state index in [4.69, 9.17) is 9.84 Å². The van der Waals surface area contributed by atoms with E-state index < -0.39 is 29.9 Å². The van der Waals surface area contributed by atoms with E-state index in [-0.39, 0.29) is 30.6 Å². The van der Waals surface area contributed by atoms with Crippen LogP contribution in [0.4, 0.5) is 0 Å². The summed E-state index contributed by atoms with van der Waals surface area (Å²) < 4.78 is 5.08. The lowest BCUT2D eigenvalue weighted by Gasteiger charge is -2.15. The Morgan fingerprint density at radius 3 is 2.11 bits per heavy atom. The van der Waals surface area contributed by atoms with Crippen LogP contribution in [-0.4, -0.2) is 40.1 Å². The summed E-state index contributed by atoms with van der Waals surface area (Å²) in [6.07, 6.45) is -0.408. The molecule has 146 valence electrons. The molecule has 2 aromatic carbocycles. The van der Waals surface area contributed by atoms with Crippen molar-refractivity contribution in [3.8, 4) is 0 Å². The molecule has 0 heterocycles. The number of esters is 1. The van der Waals surface area contributed by atoms with Crippen LogP contribution in [0.1, 0.15) is 39.1 Å². The fourth-order valence-electron chi connectivity index (χ4n) is 2.43. The summed E-state index contributed by atoms with van der Waals surface area (Å²) in [4.78, 5) is 46.7. The number of ether oxygens (including phenoxy) is 1. The first-order valence-corrected chi connectivity index (χ1v) is 8.44. The summed E-state index contributed by atoms with van der Waals surface area (Å²) in [7, 11) is 0. The van der Waals surface area contributed by atoms with Crippen molar-refractivity contribution in [1.82, 2.24) is 5.32 Å². The third kappa shape index (κ3) is 5.94. The van der Waals surface area contributed by atoms with Crippen LogP contribution in [0.2, 0.25) is 0 Å². The number of rotatable bonds is 9. The van der Waals surface area contributed by atoms with Gasteiger partial charge in [-0.1, -0.05) is 42.5 Å². The summed E-state index contributed by atoms with van der Waals surface area (Å²) in [5, 5.41) is 20.7. The zero-order chi connectivity index (χ0) is 20.5. The van der Waals surface area contributed by atoms with Crippen molar-refractivity contribution in [1.29, 1.82) is 0 Å². The van der Waals surface area contributed by atoms with Crippen LogP contribution < -0.4 is 5.32 Å². The number of carbonyl (C=O) groups is 4. The molecule has 28 heavy (non-hydrogen) atoms. The molecular weight excluding hydrogens is 366 g/mol. The molecule has 0 aliphatic carbocycles. The largest absolute Gasteiger partial charge is 0.480 e. The molecule has 0 radical (unpaired) electrons. The third-order valence-electron chi connectivity index (χ3n) is 3.89. The van der Waals surface area contributed by atoms with Crippen LogP contribution in [-0.2, 0) is 20.9 Å². The highest BCUT2D eigenvalue weighted by molar-refractivity contribution is 6.05. The van der Waals surface area contributed by atoms with Crippen molar-refractivity contribution in [2.24, 2.45) is 0 Å². The van der Waals surface area contributed by atoms with E-state index in [1.165, 1.54) is 24.3 Å². The molecule has 0 saturated heterocycles. The maximum Gasteiger partial charge on any atom is 0.336 e. The van der Waals surface area contributed by atoms with Crippen molar-refractivity contribution in [3.05, 3.63) is 71.3 Å². The first-order valence-electron chi connectivity index (χ1n) is 8.44. The number of carboxylic acid groups (broad SMARTS) is 2.